The lowest BCUT2D eigenvalue weighted by Gasteiger charge is -2.33. The van der Waals surface area contributed by atoms with E-state index in [1.807, 2.05) is 31.2 Å². The number of hydrogen-bond donors (Lipinski definition) is 2. The van der Waals surface area contributed by atoms with Gasteiger partial charge >= 0.3 is 0 Å². The molecule has 0 bridgehead atoms. The monoisotopic (exact) mass is 426 g/mol. The van der Waals surface area contributed by atoms with Gasteiger partial charge < -0.3 is 14.8 Å². The molecule has 1 aliphatic rings. The molecule has 1 aliphatic heterocycles. The second-order valence-electron chi connectivity index (χ2n) is 6.51. The van der Waals surface area contributed by atoms with Crippen molar-refractivity contribution in [3.05, 3.63) is 54.1 Å². The van der Waals surface area contributed by atoms with Crippen molar-refractivity contribution in [3.63, 3.8) is 0 Å². The summed E-state index contributed by atoms with van der Waals surface area (Å²) in [5.74, 6) is 1.44. The molecule has 2 aromatic carbocycles. The van der Waals surface area contributed by atoms with Crippen LogP contribution in [0.1, 0.15) is 24.8 Å². The van der Waals surface area contributed by atoms with Gasteiger partial charge in [0.1, 0.15) is 11.5 Å². The number of methoxy groups -OCH3 is 1. The molecule has 2 atom stereocenters. The van der Waals surface area contributed by atoms with Gasteiger partial charge in [0.05, 0.1) is 18.6 Å². The van der Waals surface area contributed by atoms with Gasteiger partial charge in [0.25, 0.3) is 0 Å². The molecule has 1 saturated heterocycles. The summed E-state index contributed by atoms with van der Waals surface area (Å²) in [6.45, 7) is 3.80. The predicted molar refractivity (Wildman–Crippen MR) is 112 cm³/mol. The molecule has 28 heavy (non-hydrogen) atoms. The molecule has 154 valence electrons. The van der Waals surface area contributed by atoms with Crippen LogP contribution in [0, 0.1) is 0 Å². The van der Waals surface area contributed by atoms with Gasteiger partial charge in [0, 0.05) is 24.6 Å². The van der Waals surface area contributed by atoms with E-state index in [2.05, 4.69) is 10.0 Å². The van der Waals surface area contributed by atoms with Gasteiger partial charge in [0.15, 0.2) is 0 Å². The van der Waals surface area contributed by atoms with Crippen molar-refractivity contribution in [1.82, 2.24) is 10.0 Å². The molecule has 2 unspecified atom stereocenters. The highest BCUT2D eigenvalue weighted by Gasteiger charge is 2.30. The predicted octanol–water partition coefficient (Wildman–Crippen LogP) is 2.94. The molecule has 0 aromatic heterocycles. The Morgan fingerprint density at radius 3 is 2.57 bits per heavy atom. The number of halogens is 1. The van der Waals surface area contributed by atoms with Gasteiger partial charge in [-0.1, -0.05) is 18.2 Å². The van der Waals surface area contributed by atoms with E-state index in [0.29, 0.717) is 18.9 Å². The summed E-state index contributed by atoms with van der Waals surface area (Å²) in [4.78, 5) is 0.215. The molecule has 0 radical (unpaired) electrons. The van der Waals surface area contributed by atoms with Crippen LogP contribution in [-0.2, 0) is 10.0 Å². The zero-order valence-electron chi connectivity index (χ0n) is 16.1. The van der Waals surface area contributed by atoms with Crippen LogP contribution in [0.25, 0.3) is 0 Å². The van der Waals surface area contributed by atoms with Gasteiger partial charge in [-0.2, -0.15) is 0 Å². The van der Waals surface area contributed by atoms with Crippen LogP contribution in [0.5, 0.6) is 11.5 Å². The van der Waals surface area contributed by atoms with Gasteiger partial charge in [-0.15, -0.1) is 12.4 Å². The summed E-state index contributed by atoms with van der Waals surface area (Å²) in [5.41, 5.74) is 1.10. The van der Waals surface area contributed by atoms with Gasteiger partial charge in [0.2, 0.25) is 10.0 Å². The smallest absolute Gasteiger partial charge is 0.241 e. The molecule has 3 rings (SSSR count). The van der Waals surface area contributed by atoms with Crippen molar-refractivity contribution in [2.24, 2.45) is 0 Å². The minimum atomic E-state index is -3.65. The zero-order valence-corrected chi connectivity index (χ0v) is 17.7. The topological polar surface area (TPSA) is 76.7 Å². The Bertz CT molecular complexity index is 859. The number of ether oxygens (including phenoxy) is 2. The maximum atomic E-state index is 12.9. The highest BCUT2D eigenvalue weighted by molar-refractivity contribution is 7.89. The summed E-state index contributed by atoms with van der Waals surface area (Å²) in [5, 5.41) is 3.29. The summed E-state index contributed by atoms with van der Waals surface area (Å²) in [7, 11) is -2.02. The van der Waals surface area contributed by atoms with Gasteiger partial charge in [-0.3, -0.25) is 0 Å². The first-order valence-electron chi connectivity index (χ1n) is 9.13. The lowest BCUT2D eigenvalue weighted by Crippen LogP contribution is -2.49. The van der Waals surface area contributed by atoms with Gasteiger partial charge in [-0.25, -0.2) is 13.1 Å². The van der Waals surface area contributed by atoms with E-state index in [1.165, 1.54) is 0 Å². The number of benzene rings is 2. The van der Waals surface area contributed by atoms with Crippen molar-refractivity contribution >= 4 is 22.4 Å². The highest BCUT2D eigenvalue weighted by atomic mass is 35.5. The quantitative estimate of drug-likeness (QED) is 0.711. The molecule has 0 aliphatic carbocycles. The minimum absolute atomic E-state index is 0. The average molecular weight is 427 g/mol. The molecule has 1 fully saturated rings. The fourth-order valence-corrected chi connectivity index (χ4v) is 4.71. The largest absolute Gasteiger partial charge is 0.497 e. The van der Waals surface area contributed by atoms with Crippen molar-refractivity contribution in [1.29, 1.82) is 0 Å². The molecule has 0 saturated carbocycles. The van der Waals surface area contributed by atoms with Gasteiger partial charge in [-0.05, 0) is 49.7 Å². The average Bonchev–Trinajstić information content (AvgIpc) is 2.69. The third kappa shape index (κ3) is 5.38. The second kappa shape index (κ2) is 10.1. The molecule has 2 aromatic rings. The Balaban J connectivity index is 0.00000280. The summed E-state index contributed by atoms with van der Waals surface area (Å²) < 4.78 is 39.4. The molecular weight excluding hydrogens is 400 g/mol. The van der Waals surface area contributed by atoms with E-state index in [-0.39, 0.29) is 29.3 Å². The molecule has 1 heterocycles. The van der Waals surface area contributed by atoms with E-state index >= 15 is 0 Å². The van der Waals surface area contributed by atoms with Crippen LogP contribution in [0.15, 0.2) is 53.4 Å². The highest BCUT2D eigenvalue weighted by Crippen LogP contribution is 2.28. The molecule has 0 spiro atoms. The third-order valence-electron chi connectivity index (χ3n) is 4.76. The van der Waals surface area contributed by atoms with Crippen molar-refractivity contribution < 1.29 is 17.9 Å². The minimum Gasteiger partial charge on any atom is -0.497 e. The Hall–Kier alpha value is -1.80. The Kier molecular flexibility index (Phi) is 8.12. The summed E-state index contributed by atoms with van der Waals surface area (Å²) >= 11 is 0. The first-order valence-corrected chi connectivity index (χ1v) is 10.6. The first kappa shape index (κ1) is 22.5. The van der Waals surface area contributed by atoms with E-state index in [4.69, 9.17) is 9.47 Å². The van der Waals surface area contributed by atoms with Crippen LogP contribution in [0.4, 0.5) is 0 Å². The Morgan fingerprint density at radius 1 is 1.14 bits per heavy atom. The number of nitrogens with one attached hydrogen (secondary N) is 2. The normalized spacial score (nSPS) is 19.5. The van der Waals surface area contributed by atoms with Crippen LogP contribution < -0.4 is 19.5 Å². The van der Waals surface area contributed by atoms with Crippen molar-refractivity contribution in [2.45, 2.75) is 30.2 Å². The molecule has 2 N–H and O–H groups in total. The van der Waals surface area contributed by atoms with Crippen LogP contribution in [-0.4, -0.2) is 41.3 Å². The second-order valence-corrected chi connectivity index (χ2v) is 8.22. The number of sulfonamides is 1. The third-order valence-corrected chi connectivity index (χ3v) is 6.25. The first-order chi connectivity index (χ1) is 13.0. The van der Waals surface area contributed by atoms with Crippen LogP contribution in [0.2, 0.25) is 0 Å². The van der Waals surface area contributed by atoms with Crippen LogP contribution >= 0.6 is 12.4 Å². The van der Waals surface area contributed by atoms with Crippen molar-refractivity contribution in [2.75, 3.05) is 26.8 Å². The lowest BCUT2D eigenvalue weighted by molar-refractivity contribution is 0.339. The summed E-state index contributed by atoms with van der Waals surface area (Å²) in [6, 6.07) is 14.2. The van der Waals surface area contributed by atoms with Crippen LogP contribution in [0.3, 0.4) is 0 Å². The summed E-state index contributed by atoms with van der Waals surface area (Å²) in [6.07, 6.45) is 0.860. The maximum absolute atomic E-state index is 12.9. The fraction of sp³-hybridized carbons (Fsp3) is 0.400. The SMILES string of the molecule is CCOc1cccc(S(=O)(=O)NC2CNCCC2c2ccc(OC)cc2)c1.Cl. The number of rotatable bonds is 7. The lowest BCUT2D eigenvalue weighted by atomic mass is 9.86. The molecular formula is C20H27ClN2O4S. The van der Waals surface area contributed by atoms with E-state index < -0.39 is 10.0 Å². The Morgan fingerprint density at radius 2 is 1.89 bits per heavy atom. The molecule has 6 nitrogen and oxygen atoms in total. The van der Waals surface area contributed by atoms with E-state index in [0.717, 1.165) is 24.3 Å². The number of piperidine rings is 1. The molecule has 0 amide bonds. The Labute approximate surface area is 173 Å². The van der Waals surface area contributed by atoms with E-state index in [9.17, 15) is 8.42 Å². The fourth-order valence-electron chi connectivity index (χ4n) is 3.40. The number of hydrogen-bond acceptors (Lipinski definition) is 5. The maximum Gasteiger partial charge on any atom is 0.241 e. The standard InChI is InChI=1S/C20H26N2O4S.ClH/c1-3-26-17-5-4-6-18(13-17)27(23,24)22-20-14-21-12-11-19(20)15-7-9-16(25-2)10-8-15;/h4-10,13,19-22H,3,11-12,14H2,1-2H3;1H. The van der Waals surface area contributed by atoms with Crippen molar-refractivity contribution in [3.8, 4) is 11.5 Å². The van der Waals surface area contributed by atoms with E-state index in [1.54, 1.807) is 31.4 Å². The molecule has 8 heteroatoms. The zero-order chi connectivity index (χ0) is 19.3.